The van der Waals surface area contributed by atoms with Gasteiger partial charge in [0.15, 0.2) is 0 Å². The van der Waals surface area contributed by atoms with Crippen molar-refractivity contribution in [1.29, 1.82) is 0 Å². The fourth-order valence-electron chi connectivity index (χ4n) is 3.69. The Kier molecular flexibility index (Phi) is 11.3. The maximum atomic E-state index is 13.7. The summed E-state index contributed by atoms with van der Waals surface area (Å²) in [6.45, 7) is 5.81. The van der Waals surface area contributed by atoms with Gasteiger partial charge in [0, 0.05) is 13.1 Å². The van der Waals surface area contributed by atoms with E-state index in [0.717, 1.165) is 34.5 Å². The van der Waals surface area contributed by atoms with Gasteiger partial charge in [-0.3, -0.25) is 13.9 Å². The van der Waals surface area contributed by atoms with Crippen LogP contribution in [0.2, 0.25) is 15.1 Å². The lowest BCUT2D eigenvalue weighted by Crippen LogP contribution is -2.52. The molecule has 0 aliphatic heterocycles. The summed E-state index contributed by atoms with van der Waals surface area (Å²) in [6.07, 6.45) is 3.05. The average molecular weight is 577 g/mol. The van der Waals surface area contributed by atoms with E-state index >= 15 is 0 Å². The minimum atomic E-state index is -3.95. The van der Waals surface area contributed by atoms with Crippen molar-refractivity contribution in [3.05, 3.63) is 62.6 Å². The third-order valence-corrected chi connectivity index (χ3v) is 7.91. The molecule has 7 nitrogen and oxygen atoms in total. The molecule has 1 N–H and O–H groups in total. The van der Waals surface area contributed by atoms with Crippen LogP contribution >= 0.6 is 34.8 Å². The van der Waals surface area contributed by atoms with Crippen molar-refractivity contribution in [3.8, 4) is 0 Å². The van der Waals surface area contributed by atoms with E-state index in [0.29, 0.717) is 13.0 Å². The molecule has 0 spiro atoms. The van der Waals surface area contributed by atoms with E-state index in [1.807, 2.05) is 45.0 Å². The predicted octanol–water partition coefficient (Wildman–Crippen LogP) is 5.44. The van der Waals surface area contributed by atoms with E-state index in [4.69, 9.17) is 34.8 Å². The molecule has 1 atom stereocenters. The van der Waals surface area contributed by atoms with E-state index in [1.54, 1.807) is 0 Å². The number of rotatable bonds is 12. The lowest BCUT2D eigenvalue weighted by molar-refractivity contribution is -0.140. The zero-order chi connectivity index (χ0) is 27.0. The number of nitrogens with zero attached hydrogens (tertiary/aromatic N) is 2. The number of hydrogen-bond donors (Lipinski definition) is 1. The Hall–Kier alpha value is -2.00. The molecule has 2 aromatic rings. The number of benzene rings is 2. The van der Waals surface area contributed by atoms with Crippen LogP contribution in [-0.4, -0.2) is 50.5 Å². The van der Waals surface area contributed by atoms with Crippen molar-refractivity contribution in [2.75, 3.05) is 23.7 Å². The number of amides is 2. The number of carbonyl (C=O) groups excluding carboxylic acids is 2. The third kappa shape index (κ3) is 8.00. The molecule has 0 fully saturated rings. The fraction of sp³-hybridized carbons (Fsp3) is 0.440. The van der Waals surface area contributed by atoms with Crippen LogP contribution in [0.5, 0.6) is 0 Å². The molecule has 1 unspecified atom stereocenters. The molecule has 2 amide bonds. The summed E-state index contributed by atoms with van der Waals surface area (Å²) in [5.41, 5.74) is 1.83. The normalized spacial score (nSPS) is 12.2. The van der Waals surface area contributed by atoms with E-state index in [-0.39, 0.29) is 33.2 Å². The summed E-state index contributed by atoms with van der Waals surface area (Å²) in [5.74, 6) is -0.838. The summed E-state index contributed by atoms with van der Waals surface area (Å²) < 4.78 is 26.4. The SMILES string of the molecule is CCCCNC(=O)C(CC)N(Cc1ccccc1C)C(=O)CN(c1cc(Cl)c(Cl)cc1Cl)S(C)(=O)=O. The third-order valence-electron chi connectivity index (χ3n) is 5.76. The highest BCUT2D eigenvalue weighted by Crippen LogP contribution is 2.35. The summed E-state index contributed by atoms with van der Waals surface area (Å²) in [7, 11) is -3.95. The van der Waals surface area contributed by atoms with E-state index in [2.05, 4.69) is 5.32 Å². The van der Waals surface area contributed by atoms with Crippen LogP contribution in [0.4, 0.5) is 5.69 Å². The second-order valence-corrected chi connectivity index (χ2v) is 11.6. The van der Waals surface area contributed by atoms with Gasteiger partial charge in [-0.1, -0.05) is 79.3 Å². The number of hydrogen-bond acceptors (Lipinski definition) is 4. The standard InChI is InChI=1S/C25H32Cl3N3O4S/c1-5-7-12-29-25(33)22(6-2)30(15-18-11-9-8-10-17(18)3)24(32)16-31(36(4,34)35)23-14-20(27)19(26)13-21(23)28/h8-11,13-14,22H,5-7,12,15-16H2,1-4H3,(H,29,33). The van der Waals surface area contributed by atoms with Gasteiger partial charge < -0.3 is 10.2 Å². The van der Waals surface area contributed by atoms with Crippen molar-refractivity contribution in [1.82, 2.24) is 10.2 Å². The van der Waals surface area contributed by atoms with Crippen LogP contribution in [0, 0.1) is 6.92 Å². The Morgan fingerprint density at radius 1 is 1.03 bits per heavy atom. The molecule has 2 rings (SSSR count). The minimum absolute atomic E-state index is 0.0254. The van der Waals surface area contributed by atoms with Crippen molar-refractivity contribution < 1.29 is 18.0 Å². The van der Waals surface area contributed by atoms with Crippen molar-refractivity contribution in [3.63, 3.8) is 0 Å². The molecule has 0 radical (unpaired) electrons. The van der Waals surface area contributed by atoms with Gasteiger partial charge in [0.25, 0.3) is 0 Å². The smallest absolute Gasteiger partial charge is 0.244 e. The quantitative estimate of drug-likeness (QED) is 0.269. The first kappa shape index (κ1) is 30.2. The van der Waals surface area contributed by atoms with E-state index in [9.17, 15) is 18.0 Å². The largest absolute Gasteiger partial charge is 0.354 e. The van der Waals surface area contributed by atoms with Gasteiger partial charge in [0.1, 0.15) is 12.6 Å². The molecule has 198 valence electrons. The number of halogens is 3. The highest BCUT2D eigenvalue weighted by atomic mass is 35.5. The number of nitrogens with one attached hydrogen (secondary N) is 1. The van der Waals surface area contributed by atoms with Crippen molar-refractivity contribution in [2.24, 2.45) is 0 Å². The summed E-state index contributed by atoms with van der Waals surface area (Å²) >= 11 is 18.4. The highest BCUT2D eigenvalue weighted by Gasteiger charge is 2.32. The number of aryl methyl sites for hydroxylation is 1. The van der Waals surface area contributed by atoms with Gasteiger partial charge in [0.2, 0.25) is 21.8 Å². The number of anilines is 1. The van der Waals surface area contributed by atoms with Gasteiger partial charge in [-0.05, 0) is 43.0 Å². The fourth-order valence-corrected chi connectivity index (χ4v) is 5.24. The molecule has 0 saturated heterocycles. The Morgan fingerprint density at radius 3 is 2.25 bits per heavy atom. The highest BCUT2D eigenvalue weighted by molar-refractivity contribution is 7.92. The van der Waals surface area contributed by atoms with Gasteiger partial charge in [-0.25, -0.2) is 8.42 Å². The molecule has 0 heterocycles. The first-order chi connectivity index (χ1) is 16.9. The van der Waals surface area contributed by atoms with Crippen LogP contribution in [0.25, 0.3) is 0 Å². The number of sulfonamides is 1. The van der Waals surface area contributed by atoms with Crippen LogP contribution in [0.3, 0.4) is 0 Å². The Balaban J connectivity index is 2.48. The van der Waals surface area contributed by atoms with Crippen LogP contribution in [-0.2, 0) is 26.2 Å². The zero-order valence-corrected chi connectivity index (χ0v) is 23.9. The van der Waals surface area contributed by atoms with Crippen molar-refractivity contribution >= 4 is 62.3 Å². The first-order valence-electron chi connectivity index (χ1n) is 11.6. The maximum absolute atomic E-state index is 13.7. The van der Waals surface area contributed by atoms with Crippen LogP contribution < -0.4 is 9.62 Å². The molecule has 36 heavy (non-hydrogen) atoms. The predicted molar refractivity (Wildman–Crippen MR) is 147 cm³/mol. The molecule has 0 saturated carbocycles. The monoisotopic (exact) mass is 575 g/mol. The Morgan fingerprint density at radius 2 is 1.67 bits per heavy atom. The van der Waals surface area contributed by atoms with Crippen molar-refractivity contribution in [2.45, 2.75) is 52.6 Å². The minimum Gasteiger partial charge on any atom is -0.354 e. The summed E-state index contributed by atoms with van der Waals surface area (Å²) in [6, 6.07) is 9.37. The maximum Gasteiger partial charge on any atom is 0.244 e. The molecule has 11 heteroatoms. The second-order valence-electron chi connectivity index (χ2n) is 8.50. The van der Waals surface area contributed by atoms with Crippen LogP contribution in [0.1, 0.15) is 44.2 Å². The Labute approximate surface area is 228 Å². The van der Waals surface area contributed by atoms with Gasteiger partial charge in [0.05, 0.1) is 27.0 Å². The second kappa shape index (κ2) is 13.5. The van der Waals surface area contributed by atoms with Gasteiger partial charge >= 0.3 is 0 Å². The molecular formula is C25H32Cl3N3O4S. The molecule has 0 aromatic heterocycles. The molecule has 0 bridgehead atoms. The first-order valence-corrected chi connectivity index (χ1v) is 14.6. The molecule has 0 aliphatic carbocycles. The molecular weight excluding hydrogens is 545 g/mol. The lowest BCUT2D eigenvalue weighted by atomic mass is 10.1. The lowest BCUT2D eigenvalue weighted by Gasteiger charge is -2.33. The number of carbonyl (C=O) groups is 2. The number of unbranched alkanes of at least 4 members (excludes halogenated alkanes) is 1. The topological polar surface area (TPSA) is 86.8 Å². The van der Waals surface area contributed by atoms with E-state index < -0.39 is 28.5 Å². The zero-order valence-electron chi connectivity index (χ0n) is 20.9. The Bertz CT molecular complexity index is 1190. The van der Waals surface area contributed by atoms with Crippen LogP contribution in [0.15, 0.2) is 36.4 Å². The molecule has 0 aliphatic rings. The van der Waals surface area contributed by atoms with Gasteiger partial charge in [-0.15, -0.1) is 0 Å². The summed E-state index contributed by atoms with van der Waals surface area (Å²) in [5, 5.41) is 3.16. The average Bonchev–Trinajstić information content (AvgIpc) is 2.80. The summed E-state index contributed by atoms with van der Waals surface area (Å²) in [4.78, 5) is 28.2. The van der Waals surface area contributed by atoms with Gasteiger partial charge in [-0.2, -0.15) is 0 Å². The molecule has 2 aromatic carbocycles. The van der Waals surface area contributed by atoms with E-state index in [1.165, 1.54) is 17.0 Å².